The fourth-order valence-electron chi connectivity index (χ4n) is 1.11. The van der Waals surface area contributed by atoms with Crippen LogP contribution < -0.4 is 0 Å². The van der Waals surface area contributed by atoms with Crippen LogP contribution in [0.2, 0.25) is 0 Å². The van der Waals surface area contributed by atoms with Gasteiger partial charge in [0.05, 0.1) is 5.69 Å². The van der Waals surface area contributed by atoms with E-state index in [1.54, 1.807) is 0 Å². The standard InChI is InChI=1S/C8H11F3IN3/c1-2-3-4-6-7(12)15(14-13-6)5-8(9,10)11/h2-5H2,1H3. The van der Waals surface area contributed by atoms with Gasteiger partial charge in [0.15, 0.2) is 0 Å². The van der Waals surface area contributed by atoms with Crippen LogP contribution in [0, 0.1) is 3.70 Å². The smallest absolute Gasteiger partial charge is 0.230 e. The minimum Gasteiger partial charge on any atom is -0.230 e. The van der Waals surface area contributed by atoms with Crippen molar-refractivity contribution in [2.45, 2.75) is 38.9 Å². The molecule has 0 fully saturated rings. The zero-order chi connectivity index (χ0) is 11.5. The average molecular weight is 333 g/mol. The molecule has 0 saturated carbocycles. The van der Waals surface area contributed by atoms with E-state index >= 15 is 0 Å². The molecular weight excluding hydrogens is 322 g/mol. The lowest BCUT2D eigenvalue weighted by molar-refractivity contribution is -0.143. The Hall–Kier alpha value is -0.340. The molecular formula is C8H11F3IN3. The molecule has 3 nitrogen and oxygen atoms in total. The molecule has 1 heterocycles. The molecule has 0 aliphatic rings. The van der Waals surface area contributed by atoms with Crippen molar-refractivity contribution in [2.24, 2.45) is 0 Å². The number of hydrogen-bond acceptors (Lipinski definition) is 2. The number of unbranched alkanes of at least 4 members (excludes halogenated alkanes) is 1. The molecule has 0 N–H and O–H groups in total. The van der Waals surface area contributed by atoms with Crippen LogP contribution in [0.4, 0.5) is 13.2 Å². The largest absolute Gasteiger partial charge is 0.408 e. The minimum absolute atomic E-state index is 0.485. The summed E-state index contributed by atoms with van der Waals surface area (Å²) in [5, 5.41) is 7.24. The lowest BCUT2D eigenvalue weighted by atomic mass is 10.2. The van der Waals surface area contributed by atoms with E-state index in [1.165, 1.54) is 0 Å². The molecule has 0 aliphatic heterocycles. The number of alkyl halides is 3. The first kappa shape index (κ1) is 12.7. The van der Waals surface area contributed by atoms with Crippen LogP contribution in [0.15, 0.2) is 0 Å². The molecule has 0 spiro atoms. The van der Waals surface area contributed by atoms with Crippen LogP contribution in [0.3, 0.4) is 0 Å². The molecule has 0 saturated heterocycles. The zero-order valence-corrected chi connectivity index (χ0v) is 10.3. The van der Waals surface area contributed by atoms with Crippen LogP contribution in [-0.4, -0.2) is 21.2 Å². The van der Waals surface area contributed by atoms with Crippen LogP contribution in [0.25, 0.3) is 0 Å². The number of rotatable bonds is 4. The van der Waals surface area contributed by atoms with E-state index in [1.807, 2.05) is 29.5 Å². The first-order chi connectivity index (χ1) is 6.94. The second-order valence-electron chi connectivity index (χ2n) is 3.20. The summed E-state index contributed by atoms with van der Waals surface area (Å²) in [6.45, 7) is 0.956. The number of aryl methyl sites for hydroxylation is 1. The molecule has 0 atom stereocenters. The summed E-state index contributed by atoms with van der Waals surface area (Å²) in [4.78, 5) is 0. The van der Waals surface area contributed by atoms with E-state index in [0.717, 1.165) is 17.5 Å². The average Bonchev–Trinajstić information content (AvgIpc) is 2.43. The molecule has 1 aromatic heterocycles. The quantitative estimate of drug-likeness (QED) is 0.794. The SMILES string of the molecule is CCCCc1nnn(CC(F)(F)F)c1I. The molecule has 0 radical (unpaired) electrons. The number of aromatic nitrogens is 3. The second-order valence-corrected chi connectivity index (χ2v) is 4.23. The van der Waals surface area contributed by atoms with Gasteiger partial charge in [0.25, 0.3) is 0 Å². The molecule has 7 heteroatoms. The molecule has 0 aliphatic carbocycles. The third kappa shape index (κ3) is 3.96. The topological polar surface area (TPSA) is 30.7 Å². The Morgan fingerprint density at radius 1 is 1.40 bits per heavy atom. The van der Waals surface area contributed by atoms with Gasteiger partial charge in [-0.1, -0.05) is 18.6 Å². The zero-order valence-electron chi connectivity index (χ0n) is 8.18. The molecule has 1 rings (SSSR count). The summed E-state index contributed by atoms with van der Waals surface area (Å²) >= 11 is 1.85. The van der Waals surface area contributed by atoms with Gasteiger partial charge in [0.1, 0.15) is 10.2 Å². The van der Waals surface area contributed by atoms with Gasteiger partial charge in [0, 0.05) is 0 Å². The lowest BCUT2D eigenvalue weighted by Gasteiger charge is -2.06. The molecule has 86 valence electrons. The van der Waals surface area contributed by atoms with Gasteiger partial charge in [-0.3, -0.25) is 0 Å². The summed E-state index contributed by atoms with van der Waals surface area (Å²) in [6.07, 6.45) is -1.65. The van der Waals surface area contributed by atoms with Crippen LogP contribution >= 0.6 is 22.6 Å². The van der Waals surface area contributed by atoms with Gasteiger partial charge in [-0.2, -0.15) is 13.2 Å². The summed E-state index contributed by atoms with van der Waals surface area (Å²) < 4.78 is 37.7. The van der Waals surface area contributed by atoms with Crippen LogP contribution in [0.1, 0.15) is 25.5 Å². The molecule has 0 aromatic carbocycles. The third-order valence-corrected chi connectivity index (χ3v) is 3.01. The van der Waals surface area contributed by atoms with E-state index in [0.29, 0.717) is 15.8 Å². The number of halogens is 4. The van der Waals surface area contributed by atoms with Crippen molar-refractivity contribution in [2.75, 3.05) is 0 Å². The van der Waals surface area contributed by atoms with Gasteiger partial charge in [-0.25, -0.2) is 4.68 Å². The monoisotopic (exact) mass is 333 g/mol. The van der Waals surface area contributed by atoms with Crippen LogP contribution in [0.5, 0.6) is 0 Å². The van der Waals surface area contributed by atoms with Crippen molar-refractivity contribution in [3.8, 4) is 0 Å². The summed E-state index contributed by atoms with van der Waals surface area (Å²) in [6, 6.07) is 0. The Morgan fingerprint density at radius 3 is 2.60 bits per heavy atom. The lowest BCUT2D eigenvalue weighted by Crippen LogP contribution is -2.19. The van der Waals surface area contributed by atoms with E-state index in [4.69, 9.17) is 0 Å². The number of nitrogens with zero attached hydrogens (tertiary/aromatic N) is 3. The highest BCUT2D eigenvalue weighted by Crippen LogP contribution is 2.20. The van der Waals surface area contributed by atoms with Gasteiger partial charge in [0.2, 0.25) is 0 Å². The summed E-state index contributed by atoms with van der Waals surface area (Å²) in [5.74, 6) is 0. The molecule has 0 unspecified atom stereocenters. The fraction of sp³-hybridized carbons (Fsp3) is 0.750. The molecule has 0 bridgehead atoms. The Morgan fingerprint density at radius 2 is 2.07 bits per heavy atom. The van der Waals surface area contributed by atoms with Gasteiger partial charge in [-0.15, -0.1) is 5.10 Å². The Bertz CT molecular complexity index is 321. The Kier molecular flexibility index (Phi) is 4.35. The predicted molar refractivity (Wildman–Crippen MR) is 57.4 cm³/mol. The van der Waals surface area contributed by atoms with Crippen molar-refractivity contribution in [1.29, 1.82) is 0 Å². The molecule has 15 heavy (non-hydrogen) atoms. The highest BCUT2D eigenvalue weighted by atomic mass is 127. The van der Waals surface area contributed by atoms with E-state index in [9.17, 15) is 13.2 Å². The maximum absolute atomic E-state index is 12.1. The fourth-order valence-corrected chi connectivity index (χ4v) is 1.75. The van der Waals surface area contributed by atoms with Crippen molar-refractivity contribution < 1.29 is 13.2 Å². The minimum atomic E-state index is -4.24. The van der Waals surface area contributed by atoms with Gasteiger partial charge in [-0.05, 0) is 35.4 Å². The van der Waals surface area contributed by atoms with E-state index in [-0.39, 0.29) is 0 Å². The van der Waals surface area contributed by atoms with Gasteiger partial charge < -0.3 is 0 Å². The summed E-state index contributed by atoms with van der Waals surface area (Å²) in [5.41, 5.74) is 0.654. The van der Waals surface area contributed by atoms with E-state index < -0.39 is 12.7 Å². The Labute approximate surface area is 99.2 Å². The van der Waals surface area contributed by atoms with E-state index in [2.05, 4.69) is 10.3 Å². The second kappa shape index (κ2) is 5.13. The first-order valence-corrected chi connectivity index (χ1v) is 5.66. The maximum Gasteiger partial charge on any atom is 0.408 e. The first-order valence-electron chi connectivity index (χ1n) is 4.58. The summed E-state index contributed by atoms with van der Waals surface area (Å²) in [7, 11) is 0. The highest BCUT2D eigenvalue weighted by molar-refractivity contribution is 14.1. The predicted octanol–water partition coefficient (Wildman–Crippen LogP) is 2.79. The number of hydrogen-bond donors (Lipinski definition) is 0. The Balaban J connectivity index is 2.71. The third-order valence-electron chi connectivity index (χ3n) is 1.83. The van der Waals surface area contributed by atoms with Crippen molar-refractivity contribution >= 4 is 22.6 Å². The molecule has 1 aromatic rings. The van der Waals surface area contributed by atoms with Crippen molar-refractivity contribution in [3.05, 3.63) is 9.39 Å². The van der Waals surface area contributed by atoms with Crippen LogP contribution in [-0.2, 0) is 13.0 Å². The van der Waals surface area contributed by atoms with Crippen molar-refractivity contribution in [1.82, 2.24) is 15.0 Å². The maximum atomic E-state index is 12.1. The highest BCUT2D eigenvalue weighted by Gasteiger charge is 2.30. The molecule has 0 amide bonds. The van der Waals surface area contributed by atoms with Crippen molar-refractivity contribution in [3.63, 3.8) is 0 Å². The van der Waals surface area contributed by atoms with Gasteiger partial charge >= 0.3 is 6.18 Å². The normalized spacial score (nSPS) is 12.1.